The van der Waals surface area contributed by atoms with Gasteiger partial charge in [0.2, 0.25) is 0 Å². The van der Waals surface area contributed by atoms with Gasteiger partial charge in [-0.15, -0.1) is 0 Å². The zero-order valence-electron chi connectivity index (χ0n) is 9.07. The summed E-state index contributed by atoms with van der Waals surface area (Å²) in [5.74, 6) is 0.854. The molecule has 0 radical (unpaired) electrons. The number of hydrogen-bond donors (Lipinski definition) is 1. The Kier molecular flexibility index (Phi) is 2.17. The van der Waals surface area contributed by atoms with E-state index >= 15 is 0 Å². The molecular weight excluding hydrogens is 268 g/mol. The average Bonchev–Trinajstić information content (AvgIpc) is 2.79. The number of nitrogens with zero attached hydrogens (tertiary/aromatic N) is 3. The molecule has 2 aromatic rings. The Balaban J connectivity index is 1.92. The van der Waals surface area contributed by atoms with E-state index in [1.165, 1.54) is 12.8 Å². The fraction of sp³-hybridized carbons (Fsp3) is 0.455. The van der Waals surface area contributed by atoms with E-state index in [-0.39, 0.29) is 0 Å². The van der Waals surface area contributed by atoms with Crippen LogP contribution in [0.3, 0.4) is 0 Å². The summed E-state index contributed by atoms with van der Waals surface area (Å²) in [7, 11) is 0. The first-order valence-electron chi connectivity index (χ1n) is 5.39. The van der Waals surface area contributed by atoms with Crippen LogP contribution in [0.1, 0.15) is 19.8 Å². The standard InChI is InChI=1S/C11H13BrN4/c1-11(2-3-11)7-14-9-10-13-4-5-16(10)6-8(12)15-9/h4-6H,2-3,7H2,1H3,(H,14,15). The maximum absolute atomic E-state index is 4.43. The molecule has 0 aliphatic heterocycles. The van der Waals surface area contributed by atoms with Crippen LogP contribution >= 0.6 is 15.9 Å². The minimum atomic E-state index is 0.466. The Hall–Kier alpha value is -1.10. The van der Waals surface area contributed by atoms with E-state index in [4.69, 9.17) is 0 Å². The molecule has 2 aromatic heterocycles. The predicted molar refractivity (Wildman–Crippen MR) is 66.5 cm³/mol. The van der Waals surface area contributed by atoms with E-state index in [0.717, 1.165) is 22.6 Å². The summed E-state index contributed by atoms with van der Waals surface area (Å²) in [4.78, 5) is 8.72. The van der Waals surface area contributed by atoms with E-state index in [2.05, 4.69) is 38.1 Å². The molecule has 1 aliphatic rings. The van der Waals surface area contributed by atoms with Crippen LogP contribution in [-0.2, 0) is 0 Å². The van der Waals surface area contributed by atoms with E-state index in [9.17, 15) is 0 Å². The number of nitrogens with one attached hydrogen (secondary N) is 1. The van der Waals surface area contributed by atoms with Gasteiger partial charge in [-0.2, -0.15) is 0 Å². The van der Waals surface area contributed by atoms with Crippen molar-refractivity contribution in [3.8, 4) is 0 Å². The summed E-state index contributed by atoms with van der Waals surface area (Å²) < 4.78 is 2.79. The SMILES string of the molecule is CC1(CNc2nc(Br)cn3ccnc23)CC1. The number of imidazole rings is 1. The molecule has 4 nitrogen and oxygen atoms in total. The van der Waals surface area contributed by atoms with E-state index in [1.54, 1.807) is 6.20 Å². The molecule has 1 saturated carbocycles. The summed E-state index contributed by atoms with van der Waals surface area (Å²) in [5.41, 5.74) is 1.35. The van der Waals surface area contributed by atoms with Gasteiger partial charge < -0.3 is 9.72 Å². The topological polar surface area (TPSA) is 42.2 Å². The Morgan fingerprint density at radius 2 is 2.38 bits per heavy atom. The van der Waals surface area contributed by atoms with Gasteiger partial charge in [0.15, 0.2) is 11.5 Å². The molecule has 1 N–H and O–H groups in total. The summed E-state index contributed by atoms with van der Waals surface area (Å²) in [6.45, 7) is 3.26. The quantitative estimate of drug-likeness (QED) is 0.940. The fourth-order valence-electron chi connectivity index (χ4n) is 1.71. The van der Waals surface area contributed by atoms with Gasteiger partial charge in [0.05, 0.1) is 0 Å². The van der Waals surface area contributed by atoms with Crippen LogP contribution in [-0.4, -0.2) is 20.9 Å². The Morgan fingerprint density at radius 1 is 1.56 bits per heavy atom. The minimum absolute atomic E-state index is 0.466. The molecule has 0 atom stereocenters. The third kappa shape index (κ3) is 1.80. The van der Waals surface area contributed by atoms with Gasteiger partial charge in [0, 0.05) is 25.1 Å². The molecule has 0 bridgehead atoms. The highest BCUT2D eigenvalue weighted by Crippen LogP contribution is 2.44. The van der Waals surface area contributed by atoms with Crippen molar-refractivity contribution in [1.29, 1.82) is 0 Å². The molecule has 5 heteroatoms. The second-order valence-corrected chi connectivity index (χ2v) is 5.55. The predicted octanol–water partition coefficient (Wildman–Crippen LogP) is 2.70. The van der Waals surface area contributed by atoms with Gasteiger partial charge >= 0.3 is 0 Å². The van der Waals surface area contributed by atoms with E-state index in [0.29, 0.717) is 5.41 Å². The molecule has 84 valence electrons. The van der Waals surface area contributed by atoms with Gasteiger partial charge in [-0.1, -0.05) is 6.92 Å². The van der Waals surface area contributed by atoms with Crippen molar-refractivity contribution in [3.05, 3.63) is 23.2 Å². The number of fused-ring (bicyclic) bond motifs is 1. The lowest BCUT2D eigenvalue weighted by atomic mass is 10.1. The average molecular weight is 281 g/mol. The van der Waals surface area contributed by atoms with Crippen molar-refractivity contribution in [2.75, 3.05) is 11.9 Å². The monoisotopic (exact) mass is 280 g/mol. The highest BCUT2D eigenvalue weighted by Gasteiger charge is 2.37. The summed E-state index contributed by atoms with van der Waals surface area (Å²) in [6.07, 6.45) is 8.23. The summed E-state index contributed by atoms with van der Waals surface area (Å²) in [5, 5.41) is 3.39. The first-order chi connectivity index (χ1) is 7.66. The molecule has 0 saturated heterocycles. The number of rotatable bonds is 3. The molecule has 1 fully saturated rings. The maximum Gasteiger partial charge on any atom is 0.180 e. The Labute approximate surface area is 102 Å². The van der Waals surface area contributed by atoms with Crippen molar-refractivity contribution >= 4 is 27.4 Å². The van der Waals surface area contributed by atoms with Crippen molar-refractivity contribution < 1.29 is 0 Å². The molecule has 16 heavy (non-hydrogen) atoms. The van der Waals surface area contributed by atoms with Crippen LogP contribution in [0.25, 0.3) is 5.65 Å². The van der Waals surface area contributed by atoms with Crippen LogP contribution in [0.15, 0.2) is 23.2 Å². The lowest BCUT2D eigenvalue weighted by molar-refractivity contribution is 0.609. The Morgan fingerprint density at radius 3 is 3.12 bits per heavy atom. The summed E-state index contributed by atoms with van der Waals surface area (Å²) in [6, 6.07) is 0. The number of aromatic nitrogens is 3. The molecule has 0 unspecified atom stereocenters. The third-order valence-electron chi connectivity index (χ3n) is 3.13. The molecule has 0 spiro atoms. The van der Waals surface area contributed by atoms with Crippen molar-refractivity contribution in [2.24, 2.45) is 5.41 Å². The van der Waals surface area contributed by atoms with Gasteiger partial charge in [-0.05, 0) is 34.2 Å². The van der Waals surface area contributed by atoms with Gasteiger partial charge in [-0.25, -0.2) is 9.97 Å². The van der Waals surface area contributed by atoms with Crippen LogP contribution in [0.5, 0.6) is 0 Å². The highest BCUT2D eigenvalue weighted by molar-refractivity contribution is 9.10. The van der Waals surface area contributed by atoms with Gasteiger partial charge in [0.25, 0.3) is 0 Å². The van der Waals surface area contributed by atoms with Crippen LogP contribution < -0.4 is 5.32 Å². The lowest BCUT2D eigenvalue weighted by Gasteiger charge is -2.11. The van der Waals surface area contributed by atoms with E-state index in [1.807, 2.05) is 16.8 Å². The molecule has 3 rings (SSSR count). The third-order valence-corrected chi connectivity index (χ3v) is 3.51. The van der Waals surface area contributed by atoms with Gasteiger partial charge in [-0.3, -0.25) is 0 Å². The second-order valence-electron chi connectivity index (χ2n) is 4.73. The van der Waals surface area contributed by atoms with E-state index < -0.39 is 0 Å². The first-order valence-corrected chi connectivity index (χ1v) is 6.19. The molecule has 2 heterocycles. The van der Waals surface area contributed by atoms with Crippen LogP contribution in [0.2, 0.25) is 0 Å². The van der Waals surface area contributed by atoms with Crippen LogP contribution in [0, 0.1) is 5.41 Å². The van der Waals surface area contributed by atoms with Crippen LogP contribution in [0.4, 0.5) is 5.82 Å². The number of anilines is 1. The zero-order valence-corrected chi connectivity index (χ0v) is 10.7. The smallest absolute Gasteiger partial charge is 0.180 e. The van der Waals surface area contributed by atoms with Crippen molar-refractivity contribution in [1.82, 2.24) is 14.4 Å². The number of halogens is 1. The zero-order chi connectivity index (χ0) is 11.2. The first kappa shape index (κ1) is 10.1. The molecule has 1 aliphatic carbocycles. The Bertz CT molecular complexity index is 530. The second kappa shape index (κ2) is 3.45. The fourth-order valence-corrected chi connectivity index (χ4v) is 2.10. The maximum atomic E-state index is 4.43. The number of hydrogen-bond acceptors (Lipinski definition) is 3. The lowest BCUT2D eigenvalue weighted by Crippen LogP contribution is -2.13. The summed E-state index contributed by atoms with van der Waals surface area (Å²) >= 11 is 3.40. The molecule has 0 aromatic carbocycles. The normalized spacial score (nSPS) is 17.6. The highest BCUT2D eigenvalue weighted by atomic mass is 79.9. The largest absolute Gasteiger partial charge is 0.366 e. The molecule has 0 amide bonds. The van der Waals surface area contributed by atoms with Crippen molar-refractivity contribution in [2.45, 2.75) is 19.8 Å². The molecular formula is C11H13BrN4. The minimum Gasteiger partial charge on any atom is -0.366 e. The van der Waals surface area contributed by atoms with Gasteiger partial charge in [0.1, 0.15) is 4.60 Å². The van der Waals surface area contributed by atoms with Crippen molar-refractivity contribution in [3.63, 3.8) is 0 Å².